The first kappa shape index (κ1) is 27.6. The van der Waals surface area contributed by atoms with E-state index in [-0.39, 0.29) is 46.4 Å². The molecule has 1 amide bonds. The van der Waals surface area contributed by atoms with Gasteiger partial charge in [-0.05, 0) is 55.3 Å². The maximum Gasteiger partial charge on any atom is 0.339 e. The summed E-state index contributed by atoms with van der Waals surface area (Å²) in [5.74, 6) is -0.732. The number of benzene rings is 3. The van der Waals surface area contributed by atoms with E-state index in [1.807, 2.05) is 6.07 Å². The molecule has 38 heavy (non-hydrogen) atoms. The Morgan fingerprint density at radius 2 is 1.89 bits per heavy atom. The Balaban J connectivity index is 2.01. The van der Waals surface area contributed by atoms with Gasteiger partial charge in [-0.1, -0.05) is 30.3 Å². The van der Waals surface area contributed by atoms with Crippen LogP contribution in [0.4, 0.5) is 11.4 Å². The first-order valence-corrected chi connectivity index (χ1v) is 12.7. The molecule has 194 valence electrons. The molecule has 3 aromatic rings. The van der Waals surface area contributed by atoms with Gasteiger partial charge in [0.25, 0.3) is 11.6 Å². The number of nitriles is 1. The fourth-order valence-corrected chi connectivity index (χ4v) is 4.38. The molecule has 0 saturated heterocycles. The average molecular weight is 534 g/mol. The van der Waals surface area contributed by atoms with Gasteiger partial charge in [0.05, 0.1) is 11.5 Å². The summed E-state index contributed by atoms with van der Waals surface area (Å²) in [6, 6.07) is 17.7. The van der Waals surface area contributed by atoms with Crippen LogP contribution in [0.3, 0.4) is 0 Å². The second kappa shape index (κ2) is 12.3. The summed E-state index contributed by atoms with van der Waals surface area (Å²) in [7, 11) is -4.19. The number of nitrogens with one attached hydrogen (secondary N) is 1. The Morgan fingerprint density at radius 3 is 2.53 bits per heavy atom. The van der Waals surface area contributed by atoms with Crippen molar-refractivity contribution < 1.29 is 27.1 Å². The number of carbonyl (C=O) groups is 1. The molecule has 0 unspecified atom stereocenters. The van der Waals surface area contributed by atoms with Crippen molar-refractivity contribution >= 4 is 33.5 Å². The number of nitrogens with zero attached hydrogens (tertiary/aromatic N) is 2. The number of non-ortho nitro benzene ring substituents is 1. The number of anilines is 1. The molecular weight excluding hydrogens is 510 g/mol. The van der Waals surface area contributed by atoms with Crippen LogP contribution in [0.25, 0.3) is 6.08 Å². The Morgan fingerprint density at radius 1 is 1.16 bits per heavy atom. The molecule has 0 atom stereocenters. The van der Waals surface area contributed by atoms with Gasteiger partial charge in [-0.15, -0.1) is 6.58 Å². The van der Waals surface area contributed by atoms with Gasteiger partial charge >= 0.3 is 10.1 Å². The summed E-state index contributed by atoms with van der Waals surface area (Å²) < 4.78 is 36.9. The average Bonchev–Trinajstić information content (AvgIpc) is 2.90. The number of nitro groups is 1. The molecule has 0 bridgehead atoms. The number of rotatable bonds is 11. The number of hydrogen-bond donors (Lipinski definition) is 1. The lowest BCUT2D eigenvalue weighted by molar-refractivity contribution is -0.384. The minimum atomic E-state index is -4.19. The third-order valence-electron chi connectivity index (χ3n) is 5.03. The maximum atomic E-state index is 12.9. The lowest BCUT2D eigenvalue weighted by Gasteiger charge is -2.16. The molecule has 0 aliphatic carbocycles. The number of hydrogen-bond acceptors (Lipinski definition) is 8. The molecule has 11 heteroatoms. The summed E-state index contributed by atoms with van der Waals surface area (Å²) in [4.78, 5) is 23.1. The lowest BCUT2D eigenvalue weighted by atomic mass is 10.0. The molecule has 0 aromatic heterocycles. The Bertz CT molecular complexity index is 1540. The molecule has 0 heterocycles. The SMILES string of the molecule is C=CCc1cc(/C=C(\C#N)C(=O)Nc2cccc([N+](=O)[O-])c2)cc(OCC)c1OS(=O)(=O)c1ccccc1. The van der Waals surface area contributed by atoms with E-state index in [9.17, 15) is 28.6 Å². The molecule has 0 aliphatic rings. The van der Waals surface area contributed by atoms with Crippen LogP contribution in [0.15, 0.2) is 89.9 Å². The first-order chi connectivity index (χ1) is 18.2. The fourth-order valence-electron chi connectivity index (χ4n) is 3.39. The highest BCUT2D eigenvalue weighted by molar-refractivity contribution is 7.87. The molecular formula is C27H23N3O7S. The fraction of sp³-hybridized carbons (Fsp3) is 0.111. The summed E-state index contributed by atoms with van der Waals surface area (Å²) in [6.07, 6.45) is 3.03. The summed E-state index contributed by atoms with van der Waals surface area (Å²) in [5, 5.41) is 23.1. The zero-order chi connectivity index (χ0) is 27.7. The number of ether oxygens (including phenoxy) is 1. The topological polar surface area (TPSA) is 149 Å². The van der Waals surface area contributed by atoms with Crippen LogP contribution in [-0.4, -0.2) is 25.9 Å². The molecule has 0 saturated carbocycles. The van der Waals surface area contributed by atoms with Gasteiger partial charge in [-0.2, -0.15) is 13.7 Å². The van der Waals surface area contributed by atoms with E-state index in [2.05, 4.69) is 11.9 Å². The second-order valence-corrected chi connectivity index (χ2v) is 9.26. The maximum absolute atomic E-state index is 12.9. The van der Waals surface area contributed by atoms with Crippen molar-refractivity contribution in [3.05, 3.63) is 106 Å². The largest absolute Gasteiger partial charge is 0.490 e. The first-order valence-electron chi connectivity index (χ1n) is 11.3. The zero-order valence-corrected chi connectivity index (χ0v) is 21.1. The molecule has 3 aromatic carbocycles. The standard InChI is InChI=1S/C27H23N3O7S/c1-3-9-20-14-19(15-21(18-28)27(31)29-22-10-8-11-23(17-22)30(32)33)16-25(36-4-2)26(20)37-38(34,35)24-12-6-5-7-13-24/h3,5-8,10-17H,1,4,9H2,2H3,(H,29,31)/b21-15+. The van der Waals surface area contributed by atoms with Gasteiger partial charge in [0, 0.05) is 23.4 Å². The van der Waals surface area contributed by atoms with Crippen molar-refractivity contribution in [2.75, 3.05) is 11.9 Å². The van der Waals surface area contributed by atoms with E-state index in [0.29, 0.717) is 11.1 Å². The highest BCUT2D eigenvalue weighted by atomic mass is 32.2. The third kappa shape index (κ3) is 6.83. The van der Waals surface area contributed by atoms with E-state index >= 15 is 0 Å². The Labute approximate surface area is 219 Å². The van der Waals surface area contributed by atoms with Crippen molar-refractivity contribution in [2.45, 2.75) is 18.2 Å². The van der Waals surface area contributed by atoms with E-state index < -0.39 is 20.9 Å². The summed E-state index contributed by atoms with van der Waals surface area (Å²) in [6.45, 7) is 5.59. The van der Waals surface area contributed by atoms with Crippen LogP contribution < -0.4 is 14.2 Å². The Kier molecular flexibility index (Phi) is 8.97. The van der Waals surface area contributed by atoms with Gasteiger partial charge in [-0.3, -0.25) is 14.9 Å². The quantitative estimate of drug-likeness (QED) is 0.0900. The molecule has 1 N–H and O–H groups in total. The molecule has 0 aliphatic heterocycles. The smallest absolute Gasteiger partial charge is 0.339 e. The highest BCUT2D eigenvalue weighted by Crippen LogP contribution is 2.36. The van der Waals surface area contributed by atoms with Gasteiger partial charge < -0.3 is 14.2 Å². The summed E-state index contributed by atoms with van der Waals surface area (Å²) >= 11 is 0. The number of allylic oxidation sites excluding steroid dienone is 1. The van der Waals surface area contributed by atoms with Crippen molar-refractivity contribution in [1.29, 1.82) is 5.26 Å². The van der Waals surface area contributed by atoms with Crippen LogP contribution >= 0.6 is 0 Å². The minimum absolute atomic E-state index is 0.0349. The molecule has 0 fully saturated rings. The Hall–Kier alpha value is -4.95. The zero-order valence-electron chi connectivity index (χ0n) is 20.3. The monoisotopic (exact) mass is 533 g/mol. The van der Waals surface area contributed by atoms with Crippen LogP contribution in [0.2, 0.25) is 0 Å². The van der Waals surface area contributed by atoms with E-state index in [0.717, 1.165) is 0 Å². The lowest BCUT2D eigenvalue weighted by Crippen LogP contribution is -2.14. The summed E-state index contributed by atoms with van der Waals surface area (Å²) in [5.41, 5.74) is 0.381. The predicted octanol–water partition coefficient (Wildman–Crippen LogP) is 5.04. The van der Waals surface area contributed by atoms with Crippen LogP contribution in [0, 0.1) is 21.4 Å². The van der Waals surface area contributed by atoms with Gasteiger partial charge in [0.2, 0.25) is 0 Å². The van der Waals surface area contributed by atoms with Gasteiger partial charge in [-0.25, -0.2) is 0 Å². The second-order valence-electron chi connectivity index (χ2n) is 7.71. The van der Waals surface area contributed by atoms with Crippen molar-refractivity contribution in [3.8, 4) is 17.6 Å². The van der Waals surface area contributed by atoms with E-state index in [4.69, 9.17) is 8.92 Å². The molecule has 10 nitrogen and oxygen atoms in total. The van der Waals surface area contributed by atoms with Crippen molar-refractivity contribution in [2.24, 2.45) is 0 Å². The van der Waals surface area contributed by atoms with Gasteiger partial charge in [0.15, 0.2) is 11.5 Å². The molecule has 0 spiro atoms. The van der Waals surface area contributed by atoms with Crippen LogP contribution in [-0.2, 0) is 21.3 Å². The van der Waals surface area contributed by atoms with E-state index in [1.54, 1.807) is 37.3 Å². The normalized spacial score (nSPS) is 11.2. The number of carbonyl (C=O) groups excluding carboxylic acids is 1. The van der Waals surface area contributed by atoms with E-state index in [1.165, 1.54) is 48.5 Å². The molecule has 0 radical (unpaired) electrons. The number of amides is 1. The van der Waals surface area contributed by atoms with Crippen LogP contribution in [0.5, 0.6) is 11.5 Å². The van der Waals surface area contributed by atoms with Crippen molar-refractivity contribution in [1.82, 2.24) is 0 Å². The van der Waals surface area contributed by atoms with Crippen molar-refractivity contribution in [3.63, 3.8) is 0 Å². The van der Waals surface area contributed by atoms with Gasteiger partial charge in [0.1, 0.15) is 16.5 Å². The van der Waals surface area contributed by atoms with Crippen LogP contribution in [0.1, 0.15) is 18.1 Å². The third-order valence-corrected chi connectivity index (χ3v) is 6.27. The minimum Gasteiger partial charge on any atom is -0.490 e. The molecule has 3 rings (SSSR count). The predicted molar refractivity (Wildman–Crippen MR) is 141 cm³/mol. The number of nitro benzene ring substituents is 1. The highest BCUT2D eigenvalue weighted by Gasteiger charge is 2.23.